The lowest BCUT2D eigenvalue weighted by Crippen LogP contribution is -2.36. The van der Waals surface area contributed by atoms with E-state index in [-0.39, 0.29) is 12.5 Å². The first-order valence-corrected chi connectivity index (χ1v) is 9.42. The minimum atomic E-state index is -0.622. The second-order valence-electron chi connectivity index (χ2n) is 6.86. The van der Waals surface area contributed by atoms with Gasteiger partial charge in [-0.05, 0) is 36.5 Å². The van der Waals surface area contributed by atoms with Gasteiger partial charge in [-0.25, -0.2) is 0 Å². The number of hydrogen-bond acceptors (Lipinski definition) is 4. The molecule has 2 aromatic carbocycles. The Morgan fingerprint density at radius 1 is 0.964 bits per heavy atom. The number of benzene rings is 2. The number of para-hydroxylation sites is 1. The van der Waals surface area contributed by atoms with Crippen molar-refractivity contribution < 1.29 is 19.1 Å². The summed E-state index contributed by atoms with van der Waals surface area (Å²) in [6.07, 6.45) is 2.23. The molecule has 2 aromatic rings. The molecule has 0 spiro atoms. The first-order chi connectivity index (χ1) is 13.5. The van der Waals surface area contributed by atoms with E-state index < -0.39 is 23.9 Å². The summed E-state index contributed by atoms with van der Waals surface area (Å²) in [6, 6.07) is 16.9. The molecule has 0 atom stereocenters. The number of ether oxygens (including phenoxy) is 1. The third kappa shape index (κ3) is 4.57. The Kier molecular flexibility index (Phi) is 6.09. The largest absolute Gasteiger partial charge is 0.455 e. The molecule has 0 radical (unpaired) electrons. The Labute approximate surface area is 164 Å². The minimum absolute atomic E-state index is 0.182. The second kappa shape index (κ2) is 8.69. The van der Waals surface area contributed by atoms with Crippen LogP contribution < -0.4 is 10.6 Å². The van der Waals surface area contributed by atoms with Crippen molar-refractivity contribution in [3.05, 3.63) is 65.7 Å². The molecule has 6 nitrogen and oxygen atoms in total. The van der Waals surface area contributed by atoms with Gasteiger partial charge in [0, 0.05) is 5.69 Å². The summed E-state index contributed by atoms with van der Waals surface area (Å²) < 4.78 is 5.19. The Bertz CT molecular complexity index is 860. The maximum atomic E-state index is 12.4. The first-order valence-electron chi connectivity index (χ1n) is 9.42. The zero-order valence-corrected chi connectivity index (χ0v) is 15.9. The number of esters is 1. The van der Waals surface area contributed by atoms with Crippen LogP contribution in [0, 0.1) is 0 Å². The van der Waals surface area contributed by atoms with Crippen molar-refractivity contribution in [2.45, 2.75) is 31.6 Å². The van der Waals surface area contributed by atoms with Gasteiger partial charge in [0.05, 0.1) is 12.0 Å². The Morgan fingerprint density at radius 3 is 2.32 bits per heavy atom. The van der Waals surface area contributed by atoms with Crippen LogP contribution in [0.3, 0.4) is 0 Å². The fourth-order valence-corrected chi connectivity index (χ4v) is 3.14. The molecule has 1 aliphatic rings. The Hall–Kier alpha value is -3.15. The fourth-order valence-electron chi connectivity index (χ4n) is 3.14. The van der Waals surface area contributed by atoms with Gasteiger partial charge in [-0.2, -0.15) is 0 Å². The van der Waals surface area contributed by atoms with E-state index in [0.29, 0.717) is 0 Å². The van der Waals surface area contributed by atoms with Gasteiger partial charge in [0.15, 0.2) is 6.61 Å². The monoisotopic (exact) mass is 380 g/mol. The molecule has 3 rings (SSSR count). The normalized spacial score (nSPS) is 14.0. The van der Waals surface area contributed by atoms with Crippen molar-refractivity contribution in [2.75, 3.05) is 18.5 Å². The van der Waals surface area contributed by atoms with Crippen molar-refractivity contribution in [2.24, 2.45) is 0 Å². The lowest BCUT2D eigenvalue weighted by Gasteiger charge is -2.15. The van der Waals surface area contributed by atoms with Crippen molar-refractivity contribution >= 4 is 23.5 Å². The fraction of sp³-hybridized carbons (Fsp3) is 0.318. The van der Waals surface area contributed by atoms with Crippen molar-refractivity contribution in [3.8, 4) is 0 Å². The lowest BCUT2D eigenvalue weighted by atomic mass is 9.96. The van der Waals surface area contributed by atoms with Crippen LogP contribution in [0.4, 0.5) is 5.69 Å². The minimum Gasteiger partial charge on any atom is -0.455 e. The van der Waals surface area contributed by atoms with Crippen LogP contribution in [0.5, 0.6) is 0 Å². The van der Waals surface area contributed by atoms with Crippen LogP contribution in [-0.2, 0) is 31.0 Å². The van der Waals surface area contributed by atoms with Gasteiger partial charge in [-0.1, -0.05) is 55.5 Å². The number of rotatable bonds is 8. The van der Waals surface area contributed by atoms with Gasteiger partial charge in [0.2, 0.25) is 5.91 Å². The molecule has 28 heavy (non-hydrogen) atoms. The number of anilines is 1. The number of nitrogens with one attached hydrogen (secondary N) is 2. The molecule has 6 heteroatoms. The topological polar surface area (TPSA) is 84.5 Å². The van der Waals surface area contributed by atoms with Gasteiger partial charge >= 0.3 is 5.97 Å². The predicted molar refractivity (Wildman–Crippen MR) is 106 cm³/mol. The maximum Gasteiger partial charge on any atom is 0.317 e. The maximum absolute atomic E-state index is 12.4. The zero-order chi connectivity index (χ0) is 20.0. The highest BCUT2D eigenvalue weighted by Crippen LogP contribution is 2.49. The van der Waals surface area contributed by atoms with E-state index in [1.807, 2.05) is 61.5 Å². The molecule has 2 amide bonds. The summed E-state index contributed by atoms with van der Waals surface area (Å²) in [5.74, 6) is -1.23. The molecule has 0 bridgehead atoms. The zero-order valence-electron chi connectivity index (χ0n) is 15.9. The number of hydrogen-bond donors (Lipinski definition) is 2. The van der Waals surface area contributed by atoms with E-state index in [1.165, 1.54) is 0 Å². The molecule has 0 aliphatic heterocycles. The van der Waals surface area contributed by atoms with Crippen LogP contribution in [-0.4, -0.2) is 30.9 Å². The molecular formula is C22H24N2O4. The van der Waals surface area contributed by atoms with Crippen LogP contribution in [0.15, 0.2) is 54.6 Å². The van der Waals surface area contributed by atoms with E-state index in [9.17, 15) is 14.4 Å². The summed E-state index contributed by atoms with van der Waals surface area (Å²) in [4.78, 5) is 36.4. The predicted octanol–water partition coefficient (Wildman–Crippen LogP) is 2.58. The highest BCUT2D eigenvalue weighted by Gasteiger charge is 2.52. The highest BCUT2D eigenvalue weighted by atomic mass is 16.5. The number of carbonyl (C=O) groups is 3. The van der Waals surface area contributed by atoms with Gasteiger partial charge in [0.25, 0.3) is 5.91 Å². The van der Waals surface area contributed by atoms with Crippen LogP contribution in [0.25, 0.3) is 0 Å². The summed E-state index contributed by atoms with van der Waals surface area (Å²) in [6.45, 7) is 1.42. The Morgan fingerprint density at radius 2 is 1.64 bits per heavy atom. The number of aryl methyl sites for hydroxylation is 1. The average Bonchev–Trinajstić information content (AvgIpc) is 3.53. The van der Waals surface area contributed by atoms with Crippen molar-refractivity contribution in [1.29, 1.82) is 0 Å². The molecule has 0 unspecified atom stereocenters. The molecule has 1 aliphatic carbocycles. The van der Waals surface area contributed by atoms with Crippen LogP contribution >= 0.6 is 0 Å². The SMILES string of the molecule is CCc1ccccc1NC(=O)CNC(=O)COC(=O)C1(c2ccccc2)CC1. The lowest BCUT2D eigenvalue weighted by molar-refractivity contribution is -0.151. The second-order valence-corrected chi connectivity index (χ2v) is 6.86. The van der Waals surface area contributed by atoms with Gasteiger partial charge < -0.3 is 15.4 Å². The molecule has 146 valence electrons. The molecular weight excluding hydrogens is 356 g/mol. The Balaban J connectivity index is 1.43. The molecule has 0 heterocycles. The van der Waals surface area contributed by atoms with Gasteiger partial charge in [-0.15, -0.1) is 0 Å². The third-order valence-corrected chi connectivity index (χ3v) is 4.92. The average molecular weight is 380 g/mol. The standard InChI is InChI=1S/C22H24N2O4/c1-2-16-8-6-7-11-18(16)24-19(25)14-23-20(26)15-28-21(27)22(12-13-22)17-9-4-3-5-10-17/h3-11H,2,12-15H2,1H3,(H,23,26)(H,24,25). The van der Waals surface area contributed by atoms with Crippen molar-refractivity contribution in [3.63, 3.8) is 0 Å². The summed E-state index contributed by atoms with van der Waals surface area (Å²) in [5.41, 5.74) is 2.04. The summed E-state index contributed by atoms with van der Waals surface area (Å²) in [7, 11) is 0. The summed E-state index contributed by atoms with van der Waals surface area (Å²) >= 11 is 0. The van der Waals surface area contributed by atoms with Crippen molar-refractivity contribution in [1.82, 2.24) is 5.32 Å². The van der Waals surface area contributed by atoms with Gasteiger partial charge in [-0.3, -0.25) is 14.4 Å². The smallest absolute Gasteiger partial charge is 0.317 e. The van der Waals surface area contributed by atoms with E-state index in [4.69, 9.17) is 4.74 Å². The highest BCUT2D eigenvalue weighted by molar-refractivity contribution is 5.95. The molecule has 1 saturated carbocycles. The molecule has 2 N–H and O–H groups in total. The van der Waals surface area contributed by atoms with Gasteiger partial charge in [0.1, 0.15) is 0 Å². The molecule has 0 aromatic heterocycles. The molecule has 0 saturated heterocycles. The van der Waals surface area contributed by atoms with E-state index in [1.54, 1.807) is 0 Å². The van der Waals surface area contributed by atoms with E-state index in [0.717, 1.165) is 36.1 Å². The van der Waals surface area contributed by atoms with E-state index in [2.05, 4.69) is 10.6 Å². The van der Waals surface area contributed by atoms with Crippen LogP contribution in [0.1, 0.15) is 30.9 Å². The molecule has 1 fully saturated rings. The number of amides is 2. The van der Waals surface area contributed by atoms with E-state index >= 15 is 0 Å². The third-order valence-electron chi connectivity index (χ3n) is 4.92. The number of carbonyl (C=O) groups excluding carboxylic acids is 3. The quantitative estimate of drug-likeness (QED) is 0.690. The summed E-state index contributed by atoms with van der Waals surface area (Å²) in [5, 5.41) is 5.25. The first kappa shape index (κ1) is 19.6. The van der Waals surface area contributed by atoms with Crippen LogP contribution in [0.2, 0.25) is 0 Å².